The fourth-order valence-electron chi connectivity index (χ4n) is 3.98. The number of rotatable bonds is 10. The summed E-state index contributed by atoms with van der Waals surface area (Å²) in [5.41, 5.74) is 2.90. The molecule has 0 radical (unpaired) electrons. The molecule has 37 heavy (non-hydrogen) atoms. The van der Waals surface area contributed by atoms with Gasteiger partial charge < -0.3 is 10.2 Å². The minimum atomic E-state index is -4.09. The molecule has 1 unspecified atom stereocenters. The molecular weight excluding hydrogens is 510 g/mol. The summed E-state index contributed by atoms with van der Waals surface area (Å²) < 4.78 is 28.9. The molecule has 1 N–H and O–H groups in total. The van der Waals surface area contributed by atoms with E-state index in [1.54, 1.807) is 55.5 Å². The average molecular weight is 542 g/mol. The molecule has 0 fully saturated rings. The second kappa shape index (κ2) is 12.3. The van der Waals surface area contributed by atoms with Crippen LogP contribution in [0.3, 0.4) is 0 Å². The van der Waals surface area contributed by atoms with Gasteiger partial charge >= 0.3 is 0 Å². The van der Waals surface area contributed by atoms with Crippen molar-refractivity contribution >= 4 is 39.1 Å². The van der Waals surface area contributed by atoms with E-state index in [2.05, 4.69) is 5.32 Å². The van der Waals surface area contributed by atoms with Gasteiger partial charge in [0.2, 0.25) is 11.8 Å². The van der Waals surface area contributed by atoms with Gasteiger partial charge in [-0.25, -0.2) is 8.42 Å². The van der Waals surface area contributed by atoms with E-state index in [1.807, 2.05) is 26.0 Å². The minimum Gasteiger partial charge on any atom is -0.357 e. The van der Waals surface area contributed by atoms with Gasteiger partial charge in [-0.1, -0.05) is 66.6 Å². The molecule has 0 heterocycles. The zero-order chi connectivity index (χ0) is 27.2. The highest BCUT2D eigenvalue weighted by Gasteiger charge is 2.33. The Morgan fingerprint density at radius 3 is 2.19 bits per heavy atom. The summed E-state index contributed by atoms with van der Waals surface area (Å²) in [4.78, 5) is 27.8. The first kappa shape index (κ1) is 28.2. The van der Waals surface area contributed by atoms with Crippen molar-refractivity contribution in [1.82, 2.24) is 10.2 Å². The molecule has 3 aromatic rings. The molecule has 3 rings (SSSR count). The fourth-order valence-corrected chi connectivity index (χ4v) is 5.56. The fraction of sp³-hybridized carbons (Fsp3) is 0.286. The van der Waals surface area contributed by atoms with Crippen LogP contribution in [0.15, 0.2) is 77.7 Å². The Balaban J connectivity index is 2.06. The topological polar surface area (TPSA) is 86.8 Å². The molecule has 7 nitrogen and oxygen atoms in total. The van der Waals surface area contributed by atoms with Crippen LogP contribution in [0, 0.1) is 6.92 Å². The van der Waals surface area contributed by atoms with Crippen LogP contribution in [0.2, 0.25) is 5.02 Å². The SMILES string of the molecule is CCc1ccccc1N(CC(=O)N(Cc1ccc(Cl)cc1)C(C)C(=O)NC)S(=O)(=O)c1ccc(C)cc1. The van der Waals surface area contributed by atoms with Gasteiger partial charge in [0.15, 0.2) is 0 Å². The molecule has 9 heteroatoms. The number of halogens is 1. The van der Waals surface area contributed by atoms with Crippen LogP contribution in [0.4, 0.5) is 5.69 Å². The molecule has 196 valence electrons. The number of para-hydroxylation sites is 1. The third kappa shape index (κ3) is 6.70. The molecule has 0 bridgehead atoms. The maximum absolute atomic E-state index is 13.9. The first-order valence-electron chi connectivity index (χ1n) is 12.0. The molecule has 0 saturated heterocycles. The first-order chi connectivity index (χ1) is 17.6. The first-order valence-corrected chi connectivity index (χ1v) is 13.8. The number of nitrogens with zero attached hydrogens (tertiary/aromatic N) is 2. The van der Waals surface area contributed by atoms with Crippen LogP contribution < -0.4 is 9.62 Å². The van der Waals surface area contributed by atoms with Crippen molar-refractivity contribution in [2.45, 2.75) is 44.7 Å². The zero-order valence-electron chi connectivity index (χ0n) is 21.4. The number of hydrogen-bond acceptors (Lipinski definition) is 4. The molecule has 0 aliphatic rings. The Bertz CT molecular complexity index is 1340. The monoisotopic (exact) mass is 541 g/mol. The number of hydrogen-bond donors (Lipinski definition) is 1. The van der Waals surface area contributed by atoms with E-state index in [-0.39, 0.29) is 17.3 Å². The number of amides is 2. The Morgan fingerprint density at radius 2 is 1.59 bits per heavy atom. The van der Waals surface area contributed by atoms with E-state index >= 15 is 0 Å². The molecule has 2 amide bonds. The van der Waals surface area contributed by atoms with E-state index < -0.39 is 28.5 Å². The molecule has 0 aliphatic heterocycles. The number of aryl methyl sites for hydroxylation is 2. The number of carbonyl (C=O) groups excluding carboxylic acids is 2. The van der Waals surface area contributed by atoms with Crippen LogP contribution in [0.1, 0.15) is 30.5 Å². The Kier molecular flexibility index (Phi) is 9.34. The molecular formula is C28H32ClN3O4S. The second-order valence-electron chi connectivity index (χ2n) is 8.75. The number of anilines is 1. The highest BCUT2D eigenvalue weighted by molar-refractivity contribution is 7.92. The summed E-state index contributed by atoms with van der Waals surface area (Å²) in [6.07, 6.45) is 0.577. The van der Waals surface area contributed by atoms with Crippen molar-refractivity contribution in [3.8, 4) is 0 Å². The zero-order valence-corrected chi connectivity index (χ0v) is 23.0. The third-order valence-electron chi connectivity index (χ3n) is 6.21. The van der Waals surface area contributed by atoms with Gasteiger partial charge in [-0.05, 0) is 61.7 Å². The quantitative estimate of drug-likeness (QED) is 0.407. The van der Waals surface area contributed by atoms with Crippen molar-refractivity contribution in [1.29, 1.82) is 0 Å². The average Bonchev–Trinajstić information content (AvgIpc) is 2.90. The molecule has 0 aromatic heterocycles. The number of benzene rings is 3. The Labute approximate surface area is 224 Å². The molecule has 0 aliphatic carbocycles. The summed E-state index contributed by atoms with van der Waals surface area (Å²) in [7, 11) is -2.60. The number of carbonyl (C=O) groups is 2. The smallest absolute Gasteiger partial charge is 0.264 e. The van der Waals surface area contributed by atoms with Gasteiger partial charge in [-0.3, -0.25) is 13.9 Å². The second-order valence-corrected chi connectivity index (χ2v) is 11.0. The highest BCUT2D eigenvalue weighted by atomic mass is 35.5. The van der Waals surface area contributed by atoms with E-state index in [4.69, 9.17) is 11.6 Å². The largest absolute Gasteiger partial charge is 0.357 e. The van der Waals surface area contributed by atoms with Gasteiger partial charge in [0.25, 0.3) is 10.0 Å². The van der Waals surface area contributed by atoms with Gasteiger partial charge in [0, 0.05) is 18.6 Å². The summed E-state index contributed by atoms with van der Waals surface area (Å²) >= 11 is 6.01. The van der Waals surface area contributed by atoms with E-state index in [9.17, 15) is 18.0 Å². The standard InChI is InChI=1S/C28H32ClN3O4S/c1-5-23-8-6-7-9-26(23)32(37(35,36)25-16-10-20(2)11-17-25)19-27(33)31(21(3)28(34)30-4)18-22-12-14-24(29)15-13-22/h6-17,21H,5,18-19H2,1-4H3,(H,30,34). The lowest BCUT2D eigenvalue weighted by Gasteiger charge is -2.32. The normalized spacial score (nSPS) is 12.0. The maximum atomic E-state index is 13.9. The maximum Gasteiger partial charge on any atom is 0.264 e. The molecule has 0 saturated carbocycles. The van der Waals surface area contributed by atoms with E-state index in [0.717, 1.165) is 21.0 Å². The Hall–Kier alpha value is -3.36. The molecule has 1 atom stereocenters. The number of sulfonamides is 1. The van der Waals surface area contributed by atoms with Gasteiger partial charge in [0.1, 0.15) is 12.6 Å². The summed E-state index contributed by atoms with van der Waals surface area (Å²) in [5.74, 6) is -0.864. The van der Waals surface area contributed by atoms with Crippen molar-refractivity contribution < 1.29 is 18.0 Å². The predicted molar refractivity (Wildman–Crippen MR) is 147 cm³/mol. The number of likely N-dealkylation sites (N-methyl/N-ethyl adjacent to an activating group) is 1. The predicted octanol–water partition coefficient (Wildman–Crippen LogP) is 4.57. The van der Waals surface area contributed by atoms with Crippen LogP contribution in [0.5, 0.6) is 0 Å². The lowest BCUT2D eigenvalue weighted by molar-refractivity contribution is -0.139. The van der Waals surface area contributed by atoms with Crippen LogP contribution in [-0.2, 0) is 32.6 Å². The molecule has 0 spiro atoms. The van der Waals surface area contributed by atoms with E-state index in [1.165, 1.54) is 24.1 Å². The van der Waals surface area contributed by atoms with Crippen molar-refractivity contribution in [2.75, 3.05) is 17.9 Å². The summed E-state index contributed by atoms with van der Waals surface area (Å²) in [5, 5.41) is 3.12. The Morgan fingerprint density at radius 1 is 0.973 bits per heavy atom. The van der Waals surface area contributed by atoms with Crippen molar-refractivity contribution in [3.05, 3.63) is 94.5 Å². The number of nitrogens with one attached hydrogen (secondary N) is 1. The summed E-state index contributed by atoms with van der Waals surface area (Å²) in [6, 6.07) is 19.8. The van der Waals surface area contributed by atoms with E-state index in [0.29, 0.717) is 17.1 Å². The van der Waals surface area contributed by atoms with Crippen molar-refractivity contribution in [2.24, 2.45) is 0 Å². The van der Waals surface area contributed by atoms with Crippen LogP contribution in [0.25, 0.3) is 0 Å². The van der Waals surface area contributed by atoms with Gasteiger partial charge in [-0.15, -0.1) is 0 Å². The van der Waals surface area contributed by atoms with Gasteiger partial charge in [0.05, 0.1) is 10.6 Å². The lowest BCUT2D eigenvalue weighted by Crippen LogP contribution is -2.50. The van der Waals surface area contributed by atoms with Crippen LogP contribution in [-0.4, -0.2) is 44.8 Å². The van der Waals surface area contributed by atoms with Crippen LogP contribution >= 0.6 is 11.6 Å². The molecule has 3 aromatic carbocycles. The van der Waals surface area contributed by atoms with Crippen molar-refractivity contribution in [3.63, 3.8) is 0 Å². The highest BCUT2D eigenvalue weighted by Crippen LogP contribution is 2.28. The lowest BCUT2D eigenvalue weighted by atomic mass is 10.1. The third-order valence-corrected chi connectivity index (χ3v) is 8.23. The minimum absolute atomic E-state index is 0.0837. The summed E-state index contributed by atoms with van der Waals surface area (Å²) in [6.45, 7) is 5.06. The van der Waals surface area contributed by atoms with Gasteiger partial charge in [-0.2, -0.15) is 0 Å².